The monoisotopic (exact) mass is 334 g/mol. The van der Waals surface area contributed by atoms with E-state index in [4.69, 9.17) is 18.9 Å². The van der Waals surface area contributed by atoms with Gasteiger partial charge >= 0.3 is 0 Å². The van der Waals surface area contributed by atoms with Crippen LogP contribution in [-0.2, 0) is 16.0 Å². The molecule has 0 spiro atoms. The number of hydrogen-bond acceptors (Lipinski definition) is 6. The molecular formula is C18H26N2O4. The van der Waals surface area contributed by atoms with Crippen LogP contribution in [0.4, 0.5) is 0 Å². The van der Waals surface area contributed by atoms with Gasteiger partial charge in [-0.05, 0) is 31.8 Å². The fourth-order valence-corrected chi connectivity index (χ4v) is 3.81. The van der Waals surface area contributed by atoms with Gasteiger partial charge < -0.3 is 23.8 Å². The van der Waals surface area contributed by atoms with Crippen molar-refractivity contribution < 1.29 is 18.9 Å². The number of fused-ring (bicyclic) bond motifs is 2. The van der Waals surface area contributed by atoms with E-state index in [9.17, 15) is 0 Å². The van der Waals surface area contributed by atoms with E-state index >= 15 is 0 Å². The van der Waals surface area contributed by atoms with Crippen LogP contribution in [0.5, 0.6) is 11.5 Å². The lowest BCUT2D eigenvalue weighted by atomic mass is 10.0. The van der Waals surface area contributed by atoms with Crippen molar-refractivity contribution in [1.29, 1.82) is 0 Å². The first-order chi connectivity index (χ1) is 11.7. The third-order valence-corrected chi connectivity index (χ3v) is 5.15. The van der Waals surface area contributed by atoms with Crippen LogP contribution in [0.1, 0.15) is 5.56 Å². The molecule has 3 aliphatic rings. The molecule has 0 radical (unpaired) electrons. The second kappa shape index (κ2) is 6.88. The predicted molar refractivity (Wildman–Crippen MR) is 89.4 cm³/mol. The van der Waals surface area contributed by atoms with E-state index in [-0.39, 0.29) is 6.10 Å². The van der Waals surface area contributed by atoms with Crippen LogP contribution in [0.2, 0.25) is 0 Å². The van der Waals surface area contributed by atoms with E-state index in [0.29, 0.717) is 18.8 Å². The molecule has 4 rings (SSSR count). The highest BCUT2D eigenvalue weighted by Gasteiger charge is 2.45. The topological polar surface area (TPSA) is 43.4 Å². The molecule has 0 aliphatic carbocycles. The van der Waals surface area contributed by atoms with Crippen molar-refractivity contribution in [2.24, 2.45) is 5.92 Å². The Morgan fingerprint density at radius 3 is 2.96 bits per heavy atom. The van der Waals surface area contributed by atoms with Crippen molar-refractivity contribution in [3.63, 3.8) is 0 Å². The molecule has 0 unspecified atom stereocenters. The molecule has 6 nitrogen and oxygen atoms in total. The maximum absolute atomic E-state index is 6.16. The minimum absolute atomic E-state index is 0.270. The Morgan fingerprint density at radius 1 is 1.21 bits per heavy atom. The highest BCUT2D eigenvalue weighted by atomic mass is 16.7. The normalized spacial score (nSPS) is 28.7. The molecule has 1 aromatic carbocycles. The molecule has 0 amide bonds. The number of likely N-dealkylation sites (tertiary alicyclic amines) is 1. The maximum atomic E-state index is 6.16. The Labute approximate surface area is 143 Å². The van der Waals surface area contributed by atoms with E-state index in [1.807, 2.05) is 6.07 Å². The molecule has 1 aromatic rings. The third-order valence-electron chi connectivity index (χ3n) is 5.15. The molecule has 0 aromatic heterocycles. The molecule has 2 fully saturated rings. The fourth-order valence-electron chi connectivity index (χ4n) is 3.81. The number of hydrogen-bond donors (Lipinski definition) is 0. The summed E-state index contributed by atoms with van der Waals surface area (Å²) < 4.78 is 22.8. The van der Waals surface area contributed by atoms with Crippen LogP contribution < -0.4 is 9.47 Å². The number of likely N-dealkylation sites (N-methyl/N-ethyl adjacent to an activating group) is 1. The zero-order valence-corrected chi connectivity index (χ0v) is 14.4. The number of benzene rings is 1. The Morgan fingerprint density at radius 2 is 2.08 bits per heavy atom. The van der Waals surface area contributed by atoms with E-state index in [1.54, 1.807) is 0 Å². The lowest BCUT2D eigenvalue weighted by Crippen LogP contribution is -2.32. The standard InChI is InChI=1S/C18H26N2O4/c1-19(2)5-6-22-18-9-20(15-11-21-10-14(15)18)8-13-3-4-16-17(7-13)24-12-23-16/h3-4,7,14-15,18H,5-6,8-12H2,1-2H3/t14-,15+,18-/m1/s1. The van der Waals surface area contributed by atoms with E-state index in [2.05, 4.69) is 36.0 Å². The zero-order chi connectivity index (χ0) is 16.5. The van der Waals surface area contributed by atoms with Crippen molar-refractivity contribution in [3.05, 3.63) is 23.8 Å². The lowest BCUT2D eigenvalue weighted by molar-refractivity contribution is 0.0132. The van der Waals surface area contributed by atoms with Crippen LogP contribution in [0.15, 0.2) is 18.2 Å². The molecule has 6 heteroatoms. The summed E-state index contributed by atoms with van der Waals surface area (Å²) in [6.07, 6.45) is 0.270. The summed E-state index contributed by atoms with van der Waals surface area (Å²) >= 11 is 0. The van der Waals surface area contributed by atoms with Gasteiger partial charge in [-0.15, -0.1) is 0 Å². The van der Waals surface area contributed by atoms with Crippen LogP contribution in [-0.4, -0.2) is 75.7 Å². The Bertz CT molecular complexity index is 580. The van der Waals surface area contributed by atoms with Gasteiger partial charge in [0.05, 0.1) is 25.9 Å². The minimum atomic E-state index is 0.270. The molecule has 132 valence electrons. The third kappa shape index (κ3) is 3.24. The summed E-state index contributed by atoms with van der Waals surface area (Å²) in [6, 6.07) is 6.67. The van der Waals surface area contributed by atoms with Crippen LogP contribution in [0.25, 0.3) is 0 Å². The molecule has 24 heavy (non-hydrogen) atoms. The molecule has 0 bridgehead atoms. The average molecular weight is 334 g/mol. The van der Waals surface area contributed by atoms with Gasteiger partial charge in [0.15, 0.2) is 11.5 Å². The smallest absolute Gasteiger partial charge is 0.231 e. The first kappa shape index (κ1) is 16.1. The Kier molecular flexibility index (Phi) is 4.63. The zero-order valence-electron chi connectivity index (χ0n) is 14.4. The van der Waals surface area contributed by atoms with Gasteiger partial charge in [-0.2, -0.15) is 0 Å². The average Bonchev–Trinajstić information content (AvgIpc) is 3.25. The van der Waals surface area contributed by atoms with Crippen molar-refractivity contribution in [1.82, 2.24) is 9.80 Å². The van der Waals surface area contributed by atoms with Crippen LogP contribution >= 0.6 is 0 Å². The number of rotatable bonds is 6. The predicted octanol–water partition coefficient (Wildman–Crippen LogP) is 1.19. The summed E-state index contributed by atoms with van der Waals surface area (Å²) in [5.74, 6) is 2.18. The fraction of sp³-hybridized carbons (Fsp3) is 0.667. The van der Waals surface area contributed by atoms with E-state index < -0.39 is 0 Å². The number of ether oxygens (including phenoxy) is 4. The van der Waals surface area contributed by atoms with Crippen molar-refractivity contribution >= 4 is 0 Å². The summed E-state index contributed by atoms with van der Waals surface area (Å²) in [5, 5.41) is 0. The lowest BCUT2D eigenvalue weighted by Gasteiger charge is -2.22. The largest absolute Gasteiger partial charge is 0.454 e. The van der Waals surface area contributed by atoms with Crippen LogP contribution in [0, 0.1) is 5.92 Å². The van der Waals surface area contributed by atoms with Gasteiger partial charge in [0.1, 0.15) is 0 Å². The van der Waals surface area contributed by atoms with Gasteiger partial charge in [-0.25, -0.2) is 0 Å². The van der Waals surface area contributed by atoms with Gasteiger partial charge in [-0.3, -0.25) is 4.90 Å². The minimum Gasteiger partial charge on any atom is -0.454 e. The van der Waals surface area contributed by atoms with Crippen molar-refractivity contribution in [2.75, 3.05) is 53.8 Å². The number of nitrogens with zero attached hydrogens (tertiary/aromatic N) is 2. The first-order valence-corrected chi connectivity index (χ1v) is 8.67. The summed E-state index contributed by atoms with van der Waals surface area (Å²) in [4.78, 5) is 4.65. The van der Waals surface area contributed by atoms with E-state index in [1.165, 1.54) is 5.56 Å². The molecule has 2 saturated heterocycles. The van der Waals surface area contributed by atoms with Crippen molar-refractivity contribution in [2.45, 2.75) is 18.7 Å². The first-order valence-electron chi connectivity index (χ1n) is 8.67. The van der Waals surface area contributed by atoms with Gasteiger partial charge in [0, 0.05) is 31.6 Å². The van der Waals surface area contributed by atoms with Crippen LogP contribution in [0.3, 0.4) is 0 Å². The molecule has 3 atom stereocenters. The Balaban J connectivity index is 1.40. The molecule has 0 saturated carbocycles. The van der Waals surface area contributed by atoms with Gasteiger partial charge in [-0.1, -0.05) is 6.07 Å². The second-order valence-electron chi connectivity index (χ2n) is 7.10. The summed E-state index contributed by atoms with van der Waals surface area (Å²) in [7, 11) is 4.15. The second-order valence-corrected chi connectivity index (χ2v) is 7.10. The van der Waals surface area contributed by atoms with Gasteiger partial charge in [0.2, 0.25) is 6.79 Å². The molecule has 3 aliphatic heterocycles. The molecular weight excluding hydrogens is 308 g/mol. The maximum Gasteiger partial charge on any atom is 0.231 e. The summed E-state index contributed by atoms with van der Waals surface area (Å²) in [5.41, 5.74) is 1.25. The quantitative estimate of drug-likeness (QED) is 0.779. The van der Waals surface area contributed by atoms with Gasteiger partial charge in [0.25, 0.3) is 0 Å². The summed E-state index contributed by atoms with van der Waals surface area (Å²) in [6.45, 7) is 5.55. The highest BCUT2D eigenvalue weighted by Crippen LogP contribution is 2.36. The Hall–Kier alpha value is -1.34. The molecule has 3 heterocycles. The molecule has 0 N–H and O–H groups in total. The SMILES string of the molecule is CN(C)CCO[C@@H]1CN(Cc2ccc3c(c2)OCO3)[C@H]2COC[C@@H]12. The highest BCUT2D eigenvalue weighted by molar-refractivity contribution is 5.44. The van der Waals surface area contributed by atoms with Crippen molar-refractivity contribution in [3.8, 4) is 11.5 Å². The van der Waals surface area contributed by atoms with E-state index in [0.717, 1.165) is 51.0 Å².